The number of ether oxygens (including phenoxy) is 2. The van der Waals surface area contributed by atoms with Crippen LogP contribution >= 0.6 is 11.3 Å². The van der Waals surface area contributed by atoms with Gasteiger partial charge in [-0.05, 0) is 35.6 Å². The second kappa shape index (κ2) is 9.74. The second-order valence-electron chi connectivity index (χ2n) is 5.42. The van der Waals surface area contributed by atoms with E-state index in [0.29, 0.717) is 37.6 Å². The summed E-state index contributed by atoms with van der Waals surface area (Å²) in [7, 11) is 3.22. The Labute approximate surface area is 152 Å². The molecule has 0 aliphatic heterocycles. The number of carbonyl (C=O) groups excluding carboxylic acids is 1. The van der Waals surface area contributed by atoms with Crippen LogP contribution in [0.15, 0.2) is 48.4 Å². The van der Waals surface area contributed by atoms with Crippen molar-refractivity contribution in [2.24, 2.45) is 0 Å². The normalized spacial score (nSPS) is 10.2. The van der Waals surface area contributed by atoms with Gasteiger partial charge in [0.2, 0.25) is 0 Å². The third-order valence-electron chi connectivity index (χ3n) is 3.70. The zero-order valence-electron chi connectivity index (χ0n) is 14.7. The van der Waals surface area contributed by atoms with Crippen molar-refractivity contribution in [2.45, 2.75) is 13.0 Å². The number of urea groups is 1. The number of amides is 2. The highest BCUT2D eigenvalue weighted by atomic mass is 32.1. The molecule has 1 heterocycles. The third-order valence-corrected chi connectivity index (χ3v) is 4.56. The van der Waals surface area contributed by atoms with E-state index in [-0.39, 0.29) is 6.03 Å². The molecule has 2 aromatic rings. The second-order valence-corrected chi connectivity index (χ2v) is 6.45. The molecule has 25 heavy (non-hydrogen) atoms. The predicted molar refractivity (Wildman–Crippen MR) is 102 cm³/mol. The molecule has 1 aromatic heterocycles. The van der Waals surface area contributed by atoms with Crippen molar-refractivity contribution < 1.29 is 14.3 Å². The van der Waals surface area contributed by atoms with Gasteiger partial charge in [0.25, 0.3) is 0 Å². The maximum atomic E-state index is 12.4. The van der Waals surface area contributed by atoms with Crippen LogP contribution < -0.4 is 14.8 Å². The van der Waals surface area contributed by atoms with E-state index in [2.05, 4.69) is 11.9 Å². The Bertz CT molecular complexity index is 686. The Balaban J connectivity index is 1.88. The number of rotatable bonds is 9. The van der Waals surface area contributed by atoms with Crippen molar-refractivity contribution in [1.29, 1.82) is 0 Å². The van der Waals surface area contributed by atoms with Gasteiger partial charge in [-0.1, -0.05) is 18.2 Å². The lowest BCUT2D eigenvalue weighted by Crippen LogP contribution is -2.40. The lowest BCUT2D eigenvalue weighted by molar-refractivity contribution is 0.201. The van der Waals surface area contributed by atoms with E-state index >= 15 is 0 Å². The molecule has 0 bridgehead atoms. The van der Waals surface area contributed by atoms with E-state index < -0.39 is 0 Å². The van der Waals surface area contributed by atoms with Crippen LogP contribution in [0.5, 0.6) is 11.5 Å². The third kappa shape index (κ3) is 5.53. The van der Waals surface area contributed by atoms with E-state index in [0.717, 1.165) is 10.4 Å². The van der Waals surface area contributed by atoms with Crippen LogP contribution in [0.1, 0.15) is 10.4 Å². The van der Waals surface area contributed by atoms with Crippen molar-refractivity contribution >= 4 is 17.4 Å². The monoisotopic (exact) mass is 360 g/mol. The molecule has 1 aromatic carbocycles. The Morgan fingerprint density at radius 3 is 2.72 bits per heavy atom. The number of nitrogens with one attached hydrogen (secondary N) is 1. The van der Waals surface area contributed by atoms with Gasteiger partial charge in [0.05, 0.1) is 20.8 Å². The molecule has 0 atom stereocenters. The average Bonchev–Trinajstić information content (AvgIpc) is 3.14. The fourth-order valence-corrected chi connectivity index (χ4v) is 3.15. The molecule has 0 unspecified atom stereocenters. The van der Waals surface area contributed by atoms with Crippen molar-refractivity contribution in [3.63, 3.8) is 0 Å². The van der Waals surface area contributed by atoms with E-state index in [9.17, 15) is 4.79 Å². The summed E-state index contributed by atoms with van der Waals surface area (Å²) >= 11 is 1.64. The Morgan fingerprint density at radius 1 is 1.28 bits per heavy atom. The number of carbonyl (C=O) groups is 1. The van der Waals surface area contributed by atoms with Crippen LogP contribution in [-0.2, 0) is 13.0 Å². The van der Waals surface area contributed by atoms with Crippen LogP contribution in [0.4, 0.5) is 4.79 Å². The molecule has 0 radical (unpaired) electrons. The molecule has 0 saturated heterocycles. The number of hydrogen-bond acceptors (Lipinski definition) is 4. The van der Waals surface area contributed by atoms with E-state index in [1.165, 1.54) is 0 Å². The van der Waals surface area contributed by atoms with Gasteiger partial charge in [0.15, 0.2) is 11.5 Å². The lowest BCUT2D eigenvalue weighted by Gasteiger charge is -2.21. The van der Waals surface area contributed by atoms with Crippen molar-refractivity contribution in [2.75, 3.05) is 27.3 Å². The summed E-state index contributed by atoms with van der Waals surface area (Å²) in [5.41, 5.74) is 1.08. The largest absolute Gasteiger partial charge is 0.493 e. The number of methoxy groups -OCH3 is 2. The number of nitrogens with zero attached hydrogens (tertiary/aromatic N) is 1. The zero-order valence-corrected chi connectivity index (χ0v) is 15.5. The first-order valence-electron chi connectivity index (χ1n) is 8.05. The molecule has 1 N–H and O–H groups in total. The fraction of sp³-hybridized carbons (Fsp3) is 0.316. The van der Waals surface area contributed by atoms with Crippen molar-refractivity contribution in [1.82, 2.24) is 10.2 Å². The van der Waals surface area contributed by atoms with Gasteiger partial charge in [0.1, 0.15) is 0 Å². The van der Waals surface area contributed by atoms with E-state index in [1.807, 2.05) is 35.7 Å². The molecular formula is C19H24N2O3S. The minimum absolute atomic E-state index is 0.0891. The predicted octanol–water partition coefficient (Wildman–Crippen LogP) is 3.71. The SMILES string of the molecule is C=CCN(Cc1cccs1)C(=O)NCCc1ccc(OC)c(OC)c1. The molecular weight excluding hydrogens is 336 g/mol. The van der Waals surface area contributed by atoms with Crippen LogP contribution in [0.3, 0.4) is 0 Å². The van der Waals surface area contributed by atoms with Crippen molar-refractivity contribution in [3.8, 4) is 11.5 Å². The number of thiophene rings is 1. The van der Waals surface area contributed by atoms with Gasteiger partial charge in [-0.2, -0.15) is 0 Å². The minimum Gasteiger partial charge on any atom is -0.493 e. The molecule has 0 aliphatic carbocycles. The Kier molecular flexibility index (Phi) is 7.35. The first-order chi connectivity index (χ1) is 12.2. The molecule has 0 spiro atoms. The topological polar surface area (TPSA) is 50.8 Å². The summed E-state index contributed by atoms with van der Waals surface area (Å²) in [5, 5.41) is 4.98. The standard InChI is InChI=1S/C19H24N2O3S/c1-4-11-21(14-16-6-5-12-25-16)19(22)20-10-9-15-7-8-17(23-2)18(13-15)24-3/h4-8,12-13H,1,9-11,14H2,2-3H3,(H,20,22). The molecule has 2 amide bonds. The summed E-state index contributed by atoms with van der Waals surface area (Å²) < 4.78 is 10.5. The molecule has 0 aliphatic rings. The van der Waals surface area contributed by atoms with Crippen LogP contribution in [0.2, 0.25) is 0 Å². The molecule has 2 rings (SSSR count). The fourth-order valence-electron chi connectivity index (χ4n) is 2.43. The van der Waals surface area contributed by atoms with Gasteiger partial charge < -0.3 is 19.7 Å². The maximum Gasteiger partial charge on any atom is 0.318 e. The highest BCUT2D eigenvalue weighted by molar-refractivity contribution is 7.09. The first-order valence-corrected chi connectivity index (χ1v) is 8.92. The number of benzene rings is 1. The molecule has 134 valence electrons. The number of hydrogen-bond donors (Lipinski definition) is 1. The first kappa shape index (κ1) is 18.9. The van der Waals surface area contributed by atoms with Gasteiger partial charge in [-0.3, -0.25) is 0 Å². The lowest BCUT2D eigenvalue weighted by atomic mass is 10.1. The molecule has 0 saturated carbocycles. The van der Waals surface area contributed by atoms with E-state index in [1.54, 1.807) is 36.5 Å². The molecule has 5 nitrogen and oxygen atoms in total. The van der Waals surface area contributed by atoms with Crippen LogP contribution in [0, 0.1) is 0 Å². The van der Waals surface area contributed by atoms with Crippen LogP contribution in [-0.4, -0.2) is 38.2 Å². The van der Waals surface area contributed by atoms with Crippen molar-refractivity contribution in [3.05, 3.63) is 58.8 Å². The van der Waals surface area contributed by atoms with Gasteiger partial charge in [0, 0.05) is 18.0 Å². The summed E-state index contributed by atoms with van der Waals surface area (Å²) in [5.74, 6) is 1.39. The zero-order chi connectivity index (χ0) is 18.1. The maximum absolute atomic E-state index is 12.4. The summed E-state index contributed by atoms with van der Waals surface area (Å²) in [6.45, 7) is 5.38. The van der Waals surface area contributed by atoms with Gasteiger partial charge in [-0.15, -0.1) is 17.9 Å². The summed E-state index contributed by atoms with van der Waals surface area (Å²) in [6.07, 6.45) is 2.45. The minimum atomic E-state index is -0.0891. The quantitative estimate of drug-likeness (QED) is 0.694. The highest BCUT2D eigenvalue weighted by Gasteiger charge is 2.13. The highest BCUT2D eigenvalue weighted by Crippen LogP contribution is 2.27. The summed E-state index contributed by atoms with van der Waals surface area (Å²) in [4.78, 5) is 15.3. The Morgan fingerprint density at radius 2 is 2.08 bits per heavy atom. The smallest absolute Gasteiger partial charge is 0.318 e. The van der Waals surface area contributed by atoms with Crippen LogP contribution in [0.25, 0.3) is 0 Å². The Hall–Kier alpha value is -2.47. The van der Waals surface area contributed by atoms with E-state index in [4.69, 9.17) is 9.47 Å². The molecule has 0 fully saturated rings. The average molecular weight is 360 g/mol. The van der Waals surface area contributed by atoms with Gasteiger partial charge >= 0.3 is 6.03 Å². The molecule has 6 heteroatoms. The summed E-state index contributed by atoms with van der Waals surface area (Å²) in [6, 6.07) is 9.70. The van der Waals surface area contributed by atoms with Gasteiger partial charge in [-0.25, -0.2) is 4.79 Å².